The maximum atomic E-state index is 11.7. The molecular formula is C13H18O3S. The van der Waals surface area contributed by atoms with Crippen molar-refractivity contribution in [2.45, 2.75) is 38.2 Å². The van der Waals surface area contributed by atoms with Crippen LogP contribution < -0.4 is 4.74 Å². The van der Waals surface area contributed by atoms with Crippen molar-refractivity contribution in [1.29, 1.82) is 0 Å². The Morgan fingerprint density at radius 1 is 1.41 bits per heavy atom. The zero-order chi connectivity index (χ0) is 12.8. The van der Waals surface area contributed by atoms with Crippen molar-refractivity contribution in [3.05, 3.63) is 24.3 Å². The molecule has 0 bridgehead atoms. The minimum atomic E-state index is -1.24. The predicted octanol–water partition coefficient (Wildman–Crippen LogP) is 2.56. The van der Waals surface area contributed by atoms with Gasteiger partial charge >= 0.3 is 0 Å². The molecule has 3 nitrogen and oxygen atoms in total. The van der Waals surface area contributed by atoms with Gasteiger partial charge in [0.05, 0.1) is 6.10 Å². The Bertz CT molecular complexity index is 361. The number of ketones is 1. The number of carbonyl (C=O) groups excluding carboxylic acids is 1. The molecule has 0 N–H and O–H groups in total. The molecule has 0 amide bonds. The summed E-state index contributed by atoms with van der Waals surface area (Å²) in [5.74, 6) is 0.775. The van der Waals surface area contributed by atoms with Crippen LogP contribution in [-0.2, 0) is 16.0 Å². The van der Waals surface area contributed by atoms with E-state index in [2.05, 4.69) is 6.92 Å². The lowest BCUT2D eigenvalue weighted by molar-refractivity contribution is -0.114. The van der Waals surface area contributed by atoms with Crippen molar-refractivity contribution in [2.75, 3.05) is 5.75 Å². The number of hydrogen-bond acceptors (Lipinski definition) is 3. The van der Waals surface area contributed by atoms with E-state index in [4.69, 9.17) is 4.74 Å². The van der Waals surface area contributed by atoms with E-state index >= 15 is 0 Å². The van der Waals surface area contributed by atoms with Crippen LogP contribution in [-0.4, -0.2) is 22.2 Å². The van der Waals surface area contributed by atoms with Crippen LogP contribution in [0, 0.1) is 0 Å². The van der Waals surface area contributed by atoms with E-state index < -0.39 is 11.2 Å². The van der Waals surface area contributed by atoms with Crippen LogP contribution in [0.3, 0.4) is 0 Å². The van der Waals surface area contributed by atoms with Gasteiger partial charge in [-0.05, 0) is 55.7 Å². The fraction of sp³-hybridized carbons (Fsp3) is 0.462. The van der Waals surface area contributed by atoms with E-state index in [1.54, 1.807) is 24.3 Å². The van der Waals surface area contributed by atoms with Crippen molar-refractivity contribution >= 4 is 17.0 Å². The van der Waals surface area contributed by atoms with Crippen LogP contribution in [0.25, 0.3) is 0 Å². The molecule has 0 aromatic heterocycles. The Balaban J connectivity index is 2.64. The number of benzene rings is 1. The molecule has 0 saturated heterocycles. The average Bonchev–Trinajstić information content (AvgIpc) is 2.28. The van der Waals surface area contributed by atoms with Gasteiger partial charge in [-0.15, -0.1) is 0 Å². The summed E-state index contributed by atoms with van der Waals surface area (Å²) < 4.78 is 17.3. The molecular weight excluding hydrogens is 236 g/mol. The van der Waals surface area contributed by atoms with Gasteiger partial charge in [0, 0.05) is 0 Å². The standard InChI is InChI=1S/C13H18O3S/c1-4-11(3)16-12-5-7-13(8-6-12)17(15)9-10(2)14/h5-8,11H,4,9H2,1-3H3. The molecule has 0 radical (unpaired) electrons. The van der Waals surface area contributed by atoms with Gasteiger partial charge in [0.15, 0.2) is 16.4 Å². The molecule has 2 atom stereocenters. The number of Topliss-reactive ketones (excluding diaryl/α,β-unsaturated/α-hetero) is 1. The van der Waals surface area contributed by atoms with Crippen molar-refractivity contribution in [3.63, 3.8) is 0 Å². The molecule has 4 heteroatoms. The zero-order valence-corrected chi connectivity index (χ0v) is 11.3. The van der Waals surface area contributed by atoms with Gasteiger partial charge in [-0.3, -0.25) is 4.79 Å². The van der Waals surface area contributed by atoms with Gasteiger partial charge in [-0.25, -0.2) is 0 Å². The monoisotopic (exact) mass is 254 g/mol. The first-order valence-electron chi connectivity index (χ1n) is 5.67. The summed E-state index contributed by atoms with van der Waals surface area (Å²) >= 11 is -1.24. The van der Waals surface area contributed by atoms with E-state index in [0.29, 0.717) is 4.90 Å². The highest BCUT2D eigenvalue weighted by atomic mass is 32.2. The van der Waals surface area contributed by atoms with Crippen LogP contribution in [0.15, 0.2) is 29.2 Å². The van der Waals surface area contributed by atoms with E-state index in [1.807, 2.05) is 6.92 Å². The third-order valence-corrected chi connectivity index (χ3v) is 3.80. The highest BCUT2D eigenvalue weighted by molar-refractivity contribution is 7.92. The quantitative estimate of drug-likeness (QED) is 0.733. The fourth-order valence-corrected chi connectivity index (χ4v) is 2.23. The summed E-state index contributed by atoms with van der Waals surface area (Å²) in [4.78, 5) is 11.5. The summed E-state index contributed by atoms with van der Waals surface area (Å²) in [6, 6.07) is 7.08. The van der Waals surface area contributed by atoms with Gasteiger partial charge in [-0.2, -0.15) is 0 Å². The summed E-state index contributed by atoms with van der Waals surface area (Å²) in [7, 11) is 0. The first-order valence-corrected chi connectivity index (χ1v) is 6.99. The van der Waals surface area contributed by atoms with E-state index in [-0.39, 0.29) is 17.6 Å². The largest absolute Gasteiger partial charge is 0.611 e. The lowest BCUT2D eigenvalue weighted by atomic mass is 10.3. The van der Waals surface area contributed by atoms with Crippen LogP contribution in [0.4, 0.5) is 0 Å². The maximum absolute atomic E-state index is 11.7. The predicted molar refractivity (Wildman–Crippen MR) is 68.8 cm³/mol. The zero-order valence-electron chi connectivity index (χ0n) is 10.4. The van der Waals surface area contributed by atoms with E-state index in [0.717, 1.165) is 12.2 Å². The van der Waals surface area contributed by atoms with E-state index in [9.17, 15) is 9.35 Å². The maximum Gasteiger partial charge on any atom is 0.179 e. The third-order valence-electron chi connectivity index (χ3n) is 2.33. The molecule has 2 unspecified atom stereocenters. The number of rotatable bonds is 6. The molecule has 1 aromatic carbocycles. The van der Waals surface area contributed by atoms with Gasteiger partial charge in [0.25, 0.3) is 0 Å². The minimum absolute atomic E-state index is 0.0664. The minimum Gasteiger partial charge on any atom is -0.611 e. The van der Waals surface area contributed by atoms with E-state index in [1.165, 1.54) is 6.92 Å². The first-order chi connectivity index (χ1) is 8.02. The Labute approximate surface area is 105 Å². The topological polar surface area (TPSA) is 49.4 Å². The third kappa shape index (κ3) is 4.79. The molecule has 0 fully saturated rings. The van der Waals surface area contributed by atoms with Gasteiger partial charge < -0.3 is 9.29 Å². The van der Waals surface area contributed by atoms with Crippen LogP contribution >= 0.6 is 0 Å². The summed E-state index contributed by atoms with van der Waals surface area (Å²) in [5.41, 5.74) is 0. The number of ether oxygens (including phenoxy) is 1. The molecule has 1 aromatic rings. The molecule has 0 aliphatic rings. The lowest BCUT2D eigenvalue weighted by Crippen LogP contribution is -2.13. The molecule has 94 valence electrons. The van der Waals surface area contributed by atoms with Crippen molar-refractivity contribution in [1.82, 2.24) is 0 Å². The van der Waals surface area contributed by atoms with Crippen LogP contribution in [0.5, 0.6) is 5.75 Å². The SMILES string of the molecule is CCC(C)Oc1ccc([S+]([O-])CC(C)=O)cc1. The first kappa shape index (κ1) is 14.1. The lowest BCUT2D eigenvalue weighted by Gasteiger charge is -2.13. The second-order valence-corrected chi connectivity index (χ2v) is 5.45. The highest BCUT2D eigenvalue weighted by Gasteiger charge is 2.13. The Morgan fingerprint density at radius 2 is 2.00 bits per heavy atom. The van der Waals surface area contributed by atoms with Crippen LogP contribution in [0.2, 0.25) is 0 Å². The Hall–Kier alpha value is -1.00. The second-order valence-electron chi connectivity index (χ2n) is 4.00. The van der Waals surface area contributed by atoms with Crippen molar-refractivity contribution in [3.8, 4) is 5.75 Å². The Morgan fingerprint density at radius 3 is 2.47 bits per heavy atom. The van der Waals surface area contributed by atoms with Crippen molar-refractivity contribution < 1.29 is 14.1 Å². The van der Waals surface area contributed by atoms with Crippen LogP contribution in [0.1, 0.15) is 27.2 Å². The average molecular weight is 254 g/mol. The highest BCUT2D eigenvalue weighted by Crippen LogP contribution is 2.18. The summed E-state index contributed by atoms with van der Waals surface area (Å²) in [6.07, 6.45) is 1.11. The molecule has 0 aliphatic heterocycles. The molecule has 0 aliphatic carbocycles. The summed E-state index contributed by atoms with van der Waals surface area (Å²) in [6.45, 7) is 5.50. The van der Waals surface area contributed by atoms with Gasteiger partial charge in [0.1, 0.15) is 5.75 Å². The number of carbonyl (C=O) groups is 1. The second kappa shape index (κ2) is 6.67. The fourth-order valence-electron chi connectivity index (χ4n) is 1.25. The van der Waals surface area contributed by atoms with Gasteiger partial charge in [-0.1, -0.05) is 6.92 Å². The number of hydrogen-bond donors (Lipinski definition) is 0. The van der Waals surface area contributed by atoms with Gasteiger partial charge in [0.2, 0.25) is 0 Å². The van der Waals surface area contributed by atoms with Crippen molar-refractivity contribution in [2.24, 2.45) is 0 Å². The normalized spacial score (nSPS) is 14.1. The Kier molecular flexibility index (Phi) is 5.51. The molecule has 1 rings (SSSR count). The molecule has 17 heavy (non-hydrogen) atoms. The molecule has 0 spiro atoms. The molecule has 0 heterocycles. The smallest absolute Gasteiger partial charge is 0.179 e. The summed E-state index contributed by atoms with van der Waals surface area (Å²) in [5, 5.41) is 0. The molecule has 0 saturated carbocycles.